The van der Waals surface area contributed by atoms with E-state index in [0.29, 0.717) is 0 Å². The molecule has 228 valence electrons. The summed E-state index contributed by atoms with van der Waals surface area (Å²) in [6, 6.07) is 54.5. The lowest BCUT2D eigenvalue weighted by Gasteiger charge is -2.30. The Morgan fingerprint density at radius 3 is 1.71 bits per heavy atom. The third-order valence-corrected chi connectivity index (χ3v) is 12.2. The van der Waals surface area contributed by atoms with Gasteiger partial charge in [0.15, 0.2) is 0 Å². The van der Waals surface area contributed by atoms with Crippen LogP contribution in [0.1, 0.15) is 36.1 Å². The first-order chi connectivity index (χ1) is 23.7. The molecule has 7 aromatic carbocycles. The predicted octanol–water partition coefficient (Wildman–Crippen LogP) is 13.3. The highest BCUT2D eigenvalue weighted by molar-refractivity contribution is 9.10. The minimum Gasteiger partial charge on any atom is -0.308 e. The Kier molecular flexibility index (Phi) is 6.01. The van der Waals surface area contributed by atoms with Gasteiger partial charge in [0.05, 0.1) is 22.1 Å². The summed E-state index contributed by atoms with van der Waals surface area (Å²) in [6.07, 6.45) is 0. The fourth-order valence-corrected chi connectivity index (χ4v) is 10.4. The Bertz CT molecular complexity index is 2730. The molecule has 2 aliphatic rings. The normalized spacial score (nSPS) is 13.5. The van der Waals surface area contributed by atoms with Crippen LogP contribution in [0.15, 0.2) is 150 Å². The maximum Gasteiger partial charge on any atom is 0.0725 e. The molecule has 0 saturated heterocycles. The third kappa shape index (κ3) is 3.45. The molecule has 0 amide bonds. The predicted molar refractivity (Wildman–Crippen MR) is 209 cm³/mol. The first-order valence-electron chi connectivity index (χ1n) is 16.7. The molecule has 2 heterocycles. The van der Waals surface area contributed by atoms with Gasteiger partial charge in [-0.1, -0.05) is 123 Å². The van der Waals surface area contributed by atoms with E-state index in [2.05, 4.69) is 166 Å². The molecule has 0 bridgehead atoms. The van der Waals surface area contributed by atoms with E-state index in [9.17, 15) is 0 Å². The number of hydrogen-bond acceptors (Lipinski definition) is 1. The monoisotopic (exact) mass is 695 g/mol. The van der Waals surface area contributed by atoms with Crippen LogP contribution in [0, 0.1) is 0 Å². The molecule has 9 aromatic rings. The van der Waals surface area contributed by atoms with Crippen molar-refractivity contribution in [1.82, 2.24) is 4.57 Å². The highest BCUT2D eigenvalue weighted by atomic mass is 79.9. The molecule has 0 fully saturated rings. The number of benzene rings is 7. The number of halogens is 1. The Hall–Kier alpha value is -4.96. The fourth-order valence-electron chi connectivity index (χ4n) is 8.72. The number of rotatable bonds is 1. The number of para-hydroxylation sites is 1. The summed E-state index contributed by atoms with van der Waals surface area (Å²) < 4.78 is 6.20. The summed E-state index contributed by atoms with van der Waals surface area (Å²) in [7, 11) is 0. The van der Waals surface area contributed by atoms with Crippen LogP contribution in [-0.4, -0.2) is 4.57 Å². The average molecular weight is 697 g/mol. The van der Waals surface area contributed by atoms with Gasteiger partial charge in [0.25, 0.3) is 0 Å². The molecule has 2 aromatic heterocycles. The van der Waals surface area contributed by atoms with Gasteiger partial charge in [-0.3, -0.25) is 0 Å². The molecule has 0 saturated carbocycles. The summed E-state index contributed by atoms with van der Waals surface area (Å²) in [5.41, 5.74) is 14.1. The molecule has 2 aliphatic carbocycles. The van der Waals surface area contributed by atoms with E-state index in [-0.39, 0.29) is 5.41 Å². The molecule has 0 unspecified atom stereocenters. The molecule has 3 heteroatoms. The Morgan fingerprint density at radius 1 is 0.458 bits per heavy atom. The molecule has 0 aliphatic heterocycles. The van der Waals surface area contributed by atoms with Gasteiger partial charge >= 0.3 is 0 Å². The van der Waals surface area contributed by atoms with E-state index < -0.39 is 0 Å². The molecular weight excluding hydrogens is 666 g/mol. The highest BCUT2D eigenvalue weighted by Gasteiger charge is 2.51. The van der Waals surface area contributed by atoms with Crippen molar-refractivity contribution in [3.8, 4) is 27.9 Å². The number of fused-ring (bicyclic) bond motifs is 16. The number of hydrogen-bond donors (Lipinski definition) is 0. The molecular formula is C45H30BrNS. The van der Waals surface area contributed by atoms with Crippen LogP contribution in [0.2, 0.25) is 0 Å². The fraction of sp³-hybridized carbons (Fsp3) is 0.0667. The minimum atomic E-state index is -0.354. The van der Waals surface area contributed by atoms with Gasteiger partial charge in [0.1, 0.15) is 0 Å². The van der Waals surface area contributed by atoms with Crippen molar-refractivity contribution < 1.29 is 0 Å². The van der Waals surface area contributed by atoms with Gasteiger partial charge in [0, 0.05) is 35.4 Å². The van der Waals surface area contributed by atoms with Crippen molar-refractivity contribution in [2.24, 2.45) is 0 Å². The molecule has 11 rings (SSSR count). The molecule has 1 nitrogen and oxygen atoms in total. The van der Waals surface area contributed by atoms with Crippen LogP contribution >= 0.6 is 27.3 Å². The van der Waals surface area contributed by atoms with Gasteiger partial charge < -0.3 is 4.57 Å². The van der Waals surface area contributed by atoms with Crippen LogP contribution < -0.4 is 0 Å². The smallest absolute Gasteiger partial charge is 0.0725 e. The second-order valence-corrected chi connectivity index (χ2v) is 14.5. The average Bonchev–Trinajstić information content (AvgIpc) is 3.85. The molecule has 1 spiro atoms. The van der Waals surface area contributed by atoms with Crippen molar-refractivity contribution >= 4 is 69.2 Å². The highest BCUT2D eigenvalue weighted by Crippen LogP contribution is 2.63. The minimum absolute atomic E-state index is 0.354. The van der Waals surface area contributed by atoms with Crippen LogP contribution in [0.4, 0.5) is 0 Å². The zero-order chi connectivity index (χ0) is 32.1. The lowest BCUT2D eigenvalue weighted by Crippen LogP contribution is -2.25. The Labute approximate surface area is 291 Å². The topological polar surface area (TPSA) is 4.93 Å². The summed E-state index contributed by atoms with van der Waals surface area (Å²) in [4.78, 5) is 0. The van der Waals surface area contributed by atoms with E-state index in [1.54, 1.807) is 0 Å². The molecule has 0 atom stereocenters. The van der Waals surface area contributed by atoms with Gasteiger partial charge in [-0.15, -0.1) is 11.3 Å². The lowest BCUT2D eigenvalue weighted by atomic mass is 9.70. The number of thiophene rings is 1. The number of aromatic nitrogens is 1. The SMILES string of the molecule is Brc1cc2c(cc1-n1c3ccccc3c3cc4c(cc31)-c1ccccc1C41c3ccccc3-c3ccccc31)sc1ccccc12.CC. The maximum atomic E-state index is 4.04. The van der Waals surface area contributed by atoms with E-state index in [4.69, 9.17) is 0 Å². The largest absolute Gasteiger partial charge is 0.308 e. The van der Waals surface area contributed by atoms with Gasteiger partial charge in [-0.2, -0.15) is 0 Å². The first-order valence-corrected chi connectivity index (χ1v) is 18.3. The van der Waals surface area contributed by atoms with E-state index in [1.807, 2.05) is 25.2 Å². The first kappa shape index (κ1) is 28.1. The third-order valence-electron chi connectivity index (χ3n) is 10.5. The summed E-state index contributed by atoms with van der Waals surface area (Å²) in [5.74, 6) is 0. The lowest BCUT2D eigenvalue weighted by molar-refractivity contribution is 0.795. The second kappa shape index (κ2) is 10.3. The van der Waals surface area contributed by atoms with Crippen molar-refractivity contribution in [2.75, 3.05) is 0 Å². The van der Waals surface area contributed by atoms with Crippen LogP contribution in [0.25, 0.3) is 69.9 Å². The summed E-state index contributed by atoms with van der Waals surface area (Å²) in [5, 5.41) is 5.17. The maximum absolute atomic E-state index is 4.04. The molecule has 48 heavy (non-hydrogen) atoms. The van der Waals surface area contributed by atoms with E-state index in [0.717, 1.165) is 4.47 Å². The van der Waals surface area contributed by atoms with E-state index >= 15 is 0 Å². The van der Waals surface area contributed by atoms with Crippen molar-refractivity contribution in [2.45, 2.75) is 19.3 Å². The summed E-state index contributed by atoms with van der Waals surface area (Å²) >= 11 is 5.91. The standard InChI is InChI=1S/C43H24BrNS.C2H6/c44-37-22-32-29-15-5-10-20-41(29)46-42(32)24-40(37)45-38-19-9-4-14-28(38)31-21-36-30(23-39(31)45)27-13-3-8-18-35(27)43(36)33-16-6-1-11-25(33)26-12-2-7-17-34(26)43;1-2/h1-24H;1-2H3. The van der Waals surface area contributed by atoms with Crippen molar-refractivity contribution in [3.05, 3.63) is 172 Å². The zero-order valence-corrected chi connectivity index (χ0v) is 29.0. The number of nitrogens with zero attached hydrogens (tertiary/aromatic N) is 1. The van der Waals surface area contributed by atoms with Crippen LogP contribution in [0.5, 0.6) is 0 Å². The summed E-state index contributed by atoms with van der Waals surface area (Å²) in [6.45, 7) is 4.00. The van der Waals surface area contributed by atoms with Crippen molar-refractivity contribution in [3.63, 3.8) is 0 Å². The van der Waals surface area contributed by atoms with Gasteiger partial charge in [-0.05, 0) is 96.8 Å². The Morgan fingerprint density at radius 2 is 1.02 bits per heavy atom. The Balaban J connectivity index is 0.00000145. The van der Waals surface area contributed by atoms with E-state index in [1.165, 1.54) is 92.2 Å². The van der Waals surface area contributed by atoms with Gasteiger partial charge in [-0.25, -0.2) is 0 Å². The van der Waals surface area contributed by atoms with Gasteiger partial charge in [0.2, 0.25) is 0 Å². The molecule has 0 N–H and O–H groups in total. The molecule has 0 radical (unpaired) electrons. The quantitative estimate of drug-likeness (QED) is 0.161. The van der Waals surface area contributed by atoms with Crippen LogP contribution in [0.3, 0.4) is 0 Å². The van der Waals surface area contributed by atoms with Crippen molar-refractivity contribution in [1.29, 1.82) is 0 Å². The zero-order valence-electron chi connectivity index (χ0n) is 26.6. The van der Waals surface area contributed by atoms with Crippen LogP contribution in [-0.2, 0) is 5.41 Å². The second-order valence-electron chi connectivity index (χ2n) is 12.6.